The molecule has 0 fully saturated rings. The zero-order chi connectivity index (χ0) is 61.9. The van der Waals surface area contributed by atoms with Crippen LogP contribution in [0.25, 0.3) is 66.9 Å². The molecule has 9 aromatic carbocycles. The SMILES string of the molecule is Cn1c[n+](-c2cc(N(c3ccc(N(c4cc(-n5c[n+](C)c6ccccc65)cc(C(C)(C)C)c4)c4cc(-n5c[n+](C)c6ccccc65)cc(C(C)(C)C)c4)cc3)c3cc(-[n+]4cn(C)c5ccccc54)cc(C(C)(C)C)c3)cc(C(C)(C)C)c2)c2ccccc21. The van der Waals surface area contributed by atoms with Crippen LogP contribution >= 0.6 is 0 Å². The van der Waals surface area contributed by atoms with E-state index in [1.807, 2.05) is 0 Å². The summed E-state index contributed by atoms with van der Waals surface area (Å²) < 4.78 is 18.3. The van der Waals surface area contributed by atoms with Crippen LogP contribution in [-0.4, -0.2) is 18.3 Å². The molecule has 0 unspecified atom stereocenters. The van der Waals surface area contributed by atoms with Gasteiger partial charge in [-0.2, -0.15) is 18.3 Å². The average Bonchev–Trinajstić information content (AvgIpc) is 1.41. The summed E-state index contributed by atoms with van der Waals surface area (Å²) in [5.41, 5.74) is 24.2. The van der Waals surface area contributed by atoms with Gasteiger partial charge in [0.25, 0.3) is 0 Å². The van der Waals surface area contributed by atoms with Crippen molar-refractivity contribution in [2.24, 2.45) is 28.2 Å². The fraction of sp³-hybridized carbons (Fsp3) is 0.256. The molecule has 13 rings (SSSR count). The molecule has 442 valence electrons. The molecule has 10 heteroatoms. The molecular formula is C78H84N10+4. The molecule has 88 heavy (non-hydrogen) atoms. The molecule has 0 saturated carbocycles. The van der Waals surface area contributed by atoms with Crippen molar-refractivity contribution >= 4 is 78.3 Å². The molecule has 4 aromatic heterocycles. The van der Waals surface area contributed by atoms with E-state index < -0.39 is 0 Å². The van der Waals surface area contributed by atoms with Gasteiger partial charge in [0, 0.05) is 35.6 Å². The summed E-state index contributed by atoms with van der Waals surface area (Å²) in [6.45, 7) is 27.9. The topological polar surface area (TPSA) is 41.7 Å². The van der Waals surface area contributed by atoms with Crippen molar-refractivity contribution in [3.8, 4) is 22.7 Å². The Kier molecular flexibility index (Phi) is 13.8. The molecule has 4 heterocycles. The van der Waals surface area contributed by atoms with Crippen molar-refractivity contribution in [1.82, 2.24) is 18.3 Å². The first-order valence-corrected chi connectivity index (χ1v) is 30.9. The number of aromatic nitrogens is 8. The number of hydrogen-bond donors (Lipinski definition) is 0. The number of hydrogen-bond acceptors (Lipinski definition) is 2. The Bertz CT molecular complexity index is 4250. The van der Waals surface area contributed by atoms with Gasteiger partial charge < -0.3 is 9.80 Å². The van der Waals surface area contributed by atoms with E-state index in [0.717, 1.165) is 78.9 Å². The maximum absolute atomic E-state index is 2.49. The Morgan fingerprint density at radius 2 is 0.591 bits per heavy atom. The first-order chi connectivity index (χ1) is 41.8. The molecule has 0 bridgehead atoms. The van der Waals surface area contributed by atoms with Gasteiger partial charge in [-0.15, -0.1) is 0 Å². The van der Waals surface area contributed by atoms with E-state index >= 15 is 0 Å². The lowest BCUT2D eigenvalue weighted by atomic mass is 9.85. The Balaban J connectivity index is 1.08. The van der Waals surface area contributed by atoms with Crippen LogP contribution in [0.4, 0.5) is 34.1 Å². The van der Waals surface area contributed by atoms with Crippen LogP contribution in [0.5, 0.6) is 0 Å². The molecule has 0 saturated heterocycles. The van der Waals surface area contributed by atoms with Crippen LogP contribution in [0, 0.1) is 0 Å². The summed E-state index contributed by atoms with van der Waals surface area (Å²) >= 11 is 0. The van der Waals surface area contributed by atoms with Gasteiger partial charge in [-0.05, 0) is 165 Å². The van der Waals surface area contributed by atoms with Gasteiger partial charge in [-0.1, -0.05) is 132 Å². The van der Waals surface area contributed by atoms with Crippen molar-refractivity contribution in [2.45, 2.75) is 105 Å². The highest BCUT2D eigenvalue weighted by molar-refractivity contribution is 5.86. The number of para-hydroxylation sites is 8. The second kappa shape index (κ2) is 21.1. The normalized spacial score (nSPS) is 12.5. The van der Waals surface area contributed by atoms with E-state index in [2.05, 4.69) is 377 Å². The number of nitrogens with zero attached hydrogens (tertiary/aromatic N) is 10. The maximum Gasteiger partial charge on any atom is 0.249 e. The molecule has 0 radical (unpaired) electrons. The molecule has 0 spiro atoms. The van der Waals surface area contributed by atoms with Crippen LogP contribution < -0.4 is 28.1 Å². The van der Waals surface area contributed by atoms with Crippen molar-refractivity contribution in [3.05, 3.63) is 242 Å². The minimum absolute atomic E-state index is 0.182. The molecule has 0 N–H and O–H groups in total. The van der Waals surface area contributed by atoms with E-state index in [9.17, 15) is 0 Å². The van der Waals surface area contributed by atoms with E-state index in [0.29, 0.717) is 0 Å². The van der Waals surface area contributed by atoms with Gasteiger partial charge in [0.2, 0.25) is 25.3 Å². The van der Waals surface area contributed by atoms with Gasteiger partial charge in [0.15, 0.2) is 44.1 Å². The van der Waals surface area contributed by atoms with Gasteiger partial charge in [0.05, 0.1) is 50.9 Å². The van der Waals surface area contributed by atoms with Gasteiger partial charge in [0.1, 0.15) is 22.7 Å². The number of rotatable bonds is 10. The van der Waals surface area contributed by atoms with E-state index in [1.54, 1.807) is 0 Å². The van der Waals surface area contributed by atoms with Crippen molar-refractivity contribution in [2.75, 3.05) is 9.80 Å². The van der Waals surface area contributed by atoms with E-state index in [1.165, 1.54) is 44.3 Å². The lowest BCUT2D eigenvalue weighted by molar-refractivity contribution is -0.645. The monoisotopic (exact) mass is 1160 g/mol. The number of benzene rings is 9. The zero-order valence-electron chi connectivity index (χ0n) is 54.3. The standard InChI is InChI=1S/C78H84N10/c1-75(2,3)53-37-59(83-49-79(13)67-25-17-21-29-71(67)83)45-63(41-53)87(64-42-54(76(4,5)6)38-60(46-64)84-50-80(14)68-26-18-22-30-72(68)84)57-33-35-58(36-34-57)88(65-43-55(77(7,8)9)39-61(47-65)85-51-81(15)69-27-19-23-31-73(69)85)66-44-56(78(10,11)12)40-62(48-66)86-52-82(16)70-28-20-24-32-74(70)86/h17-52H,1-16H3/q+4. The molecule has 10 nitrogen and oxygen atoms in total. The van der Waals surface area contributed by atoms with Crippen LogP contribution in [0.1, 0.15) is 105 Å². The fourth-order valence-electron chi connectivity index (χ4n) is 12.7. The van der Waals surface area contributed by atoms with Crippen LogP contribution in [-0.2, 0) is 49.9 Å². The van der Waals surface area contributed by atoms with Crippen molar-refractivity contribution in [1.29, 1.82) is 0 Å². The van der Waals surface area contributed by atoms with E-state index in [-0.39, 0.29) is 21.7 Å². The molecule has 0 aliphatic heterocycles. The average molecular weight is 1160 g/mol. The zero-order valence-corrected chi connectivity index (χ0v) is 54.3. The third-order valence-corrected chi connectivity index (χ3v) is 17.8. The highest BCUT2D eigenvalue weighted by atomic mass is 15.2. The molecule has 0 aliphatic rings. The largest absolute Gasteiger partial charge is 0.310 e. The number of anilines is 6. The highest BCUT2D eigenvalue weighted by Gasteiger charge is 2.30. The summed E-state index contributed by atoms with van der Waals surface area (Å²) in [5, 5.41) is 0. The lowest BCUT2D eigenvalue weighted by Gasteiger charge is -2.32. The lowest BCUT2D eigenvalue weighted by Crippen LogP contribution is -2.31. The Labute approximate surface area is 519 Å². The Hall–Kier alpha value is -9.54. The fourth-order valence-corrected chi connectivity index (χ4v) is 12.7. The second-order valence-electron chi connectivity index (χ2n) is 28.5. The molecule has 0 amide bonds. The number of imidazole rings is 4. The van der Waals surface area contributed by atoms with Crippen molar-refractivity contribution in [3.63, 3.8) is 0 Å². The Morgan fingerprint density at radius 3 is 0.932 bits per heavy atom. The van der Waals surface area contributed by atoms with Gasteiger partial charge in [-0.3, -0.25) is 0 Å². The predicted octanol–water partition coefficient (Wildman–Crippen LogP) is 16.9. The van der Waals surface area contributed by atoms with Gasteiger partial charge >= 0.3 is 0 Å². The number of fused-ring (bicyclic) bond motifs is 4. The molecule has 0 aliphatic carbocycles. The molecule has 13 aromatic rings. The first-order valence-electron chi connectivity index (χ1n) is 30.9. The van der Waals surface area contributed by atoms with Crippen LogP contribution in [0.15, 0.2) is 219 Å². The minimum atomic E-state index is -0.182. The first kappa shape index (κ1) is 57.5. The summed E-state index contributed by atoms with van der Waals surface area (Å²) in [6, 6.07) is 72.8. The Morgan fingerprint density at radius 1 is 0.295 bits per heavy atom. The van der Waals surface area contributed by atoms with E-state index in [4.69, 9.17) is 0 Å². The molecular weight excluding hydrogens is 1080 g/mol. The molecule has 0 atom stereocenters. The summed E-state index contributed by atoms with van der Waals surface area (Å²) in [4.78, 5) is 4.99. The third-order valence-electron chi connectivity index (χ3n) is 17.8. The summed E-state index contributed by atoms with van der Waals surface area (Å²) in [7, 11) is 8.56. The predicted molar refractivity (Wildman–Crippen MR) is 363 cm³/mol. The van der Waals surface area contributed by atoms with Gasteiger partial charge in [-0.25, -0.2) is 18.3 Å². The van der Waals surface area contributed by atoms with Crippen LogP contribution in [0.2, 0.25) is 0 Å². The second-order valence-corrected chi connectivity index (χ2v) is 28.5. The summed E-state index contributed by atoms with van der Waals surface area (Å²) in [6.07, 6.45) is 8.88. The maximum atomic E-state index is 2.49. The highest BCUT2D eigenvalue weighted by Crippen LogP contribution is 2.45. The third kappa shape index (κ3) is 10.4. The quantitative estimate of drug-likeness (QED) is 0.128. The number of aryl methyl sites for hydroxylation is 4. The van der Waals surface area contributed by atoms with Crippen LogP contribution in [0.3, 0.4) is 0 Å². The minimum Gasteiger partial charge on any atom is -0.310 e. The smallest absolute Gasteiger partial charge is 0.249 e. The summed E-state index contributed by atoms with van der Waals surface area (Å²) in [5.74, 6) is 0. The van der Waals surface area contributed by atoms with Crippen molar-refractivity contribution < 1.29 is 18.3 Å².